The van der Waals surface area contributed by atoms with E-state index in [2.05, 4.69) is 20.5 Å². The molecule has 4 heterocycles. The van der Waals surface area contributed by atoms with Gasteiger partial charge in [0.15, 0.2) is 11.5 Å². The van der Waals surface area contributed by atoms with Crippen LogP contribution in [0.4, 0.5) is 17.6 Å². The first-order valence-corrected chi connectivity index (χ1v) is 12.4. The predicted molar refractivity (Wildman–Crippen MR) is 133 cm³/mol. The van der Waals surface area contributed by atoms with E-state index in [1.165, 1.54) is 39.8 Å². The second-order valence-corrected chi connectivity index (χ2v) is 9.66. The quantitative estimate of drug-likeness (QED) is 0.330. The van der Waals surface area contributed by atoms with Crippen LogP contribution in [0.15, 0.2) is 42.6 Å². The van der Waals surface area contributed by atoms with Crippen LogP contribution in [0.25, 0.3) is 28.1 Å². The van der Waals surface area contributed by atoms with Crippen molar-refractivity contribution in [1.82, 2.24) is 29.8 Å². The zero-order valence-corrected chi connectivity index (χ0v) is 20.9. The Kier molecular flexibility index (Phi) is 7.21. The lowest BCUT2D eigenvalue weighted by molar-refractivity contribution is -0.184. The molecule has 0 saturated carbocycles. The van der Waals surface area contributed by atoms with Gasteiger partial charge in [0.05, 0.1) is 12.7 Å². The molecule has 3 aromatic heterocycles. The molecule has 0 amide bonds. The lowest BCUT2D eigenvalue weighted by Crippen LogP contribution is -2.40. The molecule has 202 valence electrons. The number of hydrogen-bond donors (Lipinski definition) is 2. The third-order valence-corrected chi connectivity index (χ3v) is 6.49. The Bertz CT molecular complexity index is 1440. The average molecular weight is 533 g/mol. The Hall–Kier alpha value is -3.35. The highest BCUT2D eigenvalue weighted by molar-refractivity contribution is 5.86. The van der Waals surface area contributed by atoms with E-state index in [9.17, 15) is 17.6 Å². The van der Waals surface area contributed by atoms with E-state index in [-0.39, 0.29) is 49.0 Å². The Labute approximate surface area is 216 Å². The fourth-order valence-electron chi connectivity index (χ4n) is 4.94. The number of aliphatic hydroxyl groups is 1. The fourth-order valence-corrected chi connectivity index (χ4v) is 4.94. The van der Waals surface area contributed by atoms with Crippen molar-refractivity contribution in [2.75, 3.05) is 26.2 Å². The summed E-state index contributed by atoms with van der Waals surface area (Å²) in [7, 11) is 0. The number of rotatable bonds is 8. The first-order valence-electron chi connectivity index (χ1n) is 12.4. The zero-order valence-electron chi connectivity index (χ0n) is 20.9. The van der Waals surface area contributed by atoms with Crippen molar-refractivity contribution in [1.29, 1.82) is 0 Å². The van der Waals surface area contributed by atoms with Gasteiger partial charge < -0.3 is 15.2 Å². The zero-order chi connectivity index (χ0) is 27.0. The number of aliphatic hydroxyl groups excluding tert-OH is 1. The third kappa shape index (κ3) is 5.29. The van der Waals surface area contributed by atoms with Gasteiger partial charge in [0, 0.05) is 43.3 Å². The number of aromatic nitrogens is 4. The molecule has 5 rings (SSSR count). The number of likely N-dealkylation sites (tertiary alicyclic amines) is 1. The maximum atomic E-state index is 14.3. The number of pyridine rings is 2. The lowest BCUT2D eigenvalue weighted by Gasteiger charge is -2.30. The molecule has 2 N–H and O–H groups in total. The first kappa shape index (κ1) is 26.3. The van der Waals surface area contributed by atoms with Gasteiger partial charge in [-0.2, -0.15) is 13.2 Å². The van der Waals surface area contributed by atoms with Gasteiger partial charge >= 0.3 is 6.18 Å². The monoisotopic (exact) mass is 532 g/mol. The molecule has 0 spiro atoms. The molecular weight excluding hydrogens is 504 g/mol. The normalized spacial score (nSPS) is 17.6. The van der Waals surface area contributed by atoms with Gasteiger partial charge in [0.1, 0.15) is 28.8 Å². The molecule has 1 fully saturated rings. The lowest BCUT2D eigenvalue weighted by atomic mass is 10.1. The molecule has 4 aromatic rings. The Morgan fingerprint density at radius 3 is 2.71 bits per heavy atom. The van der Waals surface area contributed by atoms with E-state index in [1.807, 2.05) is 13.8 Å². The smallest absolute Gasteiger partial charge is 0.408 e. The minimum absolute atomic E-state index is 0.0561. The van der Waals surface area contributed by atoms with Crippen LogP contribution in [0.5, 0.6) is 5.75 Å². The second-order valence-electron chi connectivity index (χ2n) is 9.66. The maximum Gasteiger partial charge on any atom is 0.408 e. The van der Waals surface area contributed by atoms with Crippen LogP contribution in [0, 0.1) is 5.82 Å². The van der Waals surface area contributed by atoms with E-state index >= 15 is 0 Å². The Morgan fingerprint density at radius 2 is 1.97 bits per heavy atom. The molecule has 0 radical (unpaired) electrons. The molecule has 8 nitrogen and oxygen atoms in total. The van der Waals surface area contributed by atoms with Gasteiger partial charge in [0.2, 0.25) is 0 Å². The number of nitrogens with zero attached hydrogens (tertiary/aromatic N) is 5. The van der Waals surface area contributed by atoms with Crippen molar-refractivity contribution in [3.05, 3.63) is 54.0 Å². The summed E-state index contributed by atoms with van der Waals surface area (Å²) in [5.74, 6) is 0.0597. The number of fused-ring (bicyclic) bond motifs is 2. The summed E-state index contributed by atoms with van der Waals surface area (Å²) in [6.45, 7) is 4.36. The largest absolute Gasteiger partial charge is 0.489 e. The van der Waals surface area contributed by atoms with E-state index in [1.54, 1.807) is 12.1 Å². The summed E-state index contributed by atoms with van der Waals surface area (Å²) in [5.41, 5.74) is 1.20. The second kappa shape index (κ2) is 10.4. The third-order valence-electron chi connectivity index (χ3n) is 6.49. The summed E-state index contributed by atoms with van der Waals surface area (Å²) in [6, 6.07) is 6.87. The molecule has 2 atom stereocenters. The molecule has 0 aliphatic carbocycles. The predicted octanol–water partition coefficient (Wildman–Crippen LogP) is 4.13. The number of halogens is 4. The van der Waals surface area contributed by atoms with E-state index in [4.69, 9.17) is 9.84 Å². The minimum atomic E-state index is -4.51. The summed E-state index contributed by atoms with van der Waals surface area (Å²) in [4.78, 5) is 6.03. The summed E-state index contributed by atoms with van der Waals surface area (Å²) in [5, 5.41) is 21.0. The van der Waals surface area contributed by atoms with Gasteiger partial charge in [-0.05, 0) is 44.0 Å². The van der Waals surface area contributed by atoms with Crippen LogP contribution in [0.1, 0.15) is 31.9 Å². The van der Waals surface area contributed by atoms with Gasteiger partial charge in [-0.15, -0.1) is 10.2 Å². The van der Waals surface area contributed by atoms with E-state index in [0.29, 0.717) is 35.2 Å². The molecule has 12 heteroatoms. The maximum absolute atomic E-state index is 14.3. The van der Waals surface area contributed by atoms with Crippen LogP contribution in [0.2, 0.25) is 0 Å². The minimum Gasteiger partial charge on any atom is -0.489 e. The number of hydrogen-bond acceptors (Lipinski definition) is 7. The van der Waals surface area contributed by atoms with Gasteiger partial charge in [-0.1, -0.05) is 12.1 Å². The summed E-state index contributed by atoms with van der Waals surface area (Å²) < 4.78 is 64.4. The van der Waals surface area contributed by atoms with E-state index < -0.39 is 18.0 Å². The van der Waals surface area contributed by atoms with E-state index in [0.717, 1.165) is 0 Å². The first-order chi connectivity index (χ1) is 18.1. The van der Waals surface area contributed by atoms with Crippen LogP contribution in [-0.4, -0.2) is 74.2 Å². The average Bonchev–Trinajstić information content (AvgIpc) is 3.48. The van der Waals surface area contributed by atoms with Crippen molar-refractivity contribution in [2.24, 2.45) is 0 Å². The van der Waals surface area contributed by atoms with Crippen molar-refractivity contribution in [3.8, 4) is 17.3 Å². The Balaban J connectivity index is 1.54. The standard InChI is InChI=1S/C26H28F4N6O2/c1-15(2)38-21-12-18(27)11-16-3-5-20(32-23(16)21)25-34-33-22-6-4-17(13-36(22)25)24(26(28,29)30)35-9-7-19(14-35)31-8-10-37/h3-6,11-13,15,19,24,31,37H,7-10,14H2,1-2H3/t19-,24+/m0/s1. The van der Waals surface area contributed by atoms with Gasteiger partial charge in [-0.3, -0.25) is 9.30 Å². The molecule has 1 aromatic carbocycles. The van der Waals surface area contributed by atoms with Gasteiger partial charge in [-0.25, -0.2) is 9.37 Å². The number of alkyl halides is 3. The highest BCUT2D eigenvalue weighted by Gasteiger charge is 2.46. The van der Waals surface area contributed by atoms with Crippen molar-refractivity contribution in [2.45, 2.75) is 44.6 Å². The fraction of sp³-hybridized carbons (Fsp3) is 0.423. The van der Waals surface area contributed by atoms with Crippen LogP contribution < -0.4 is 10.1 Å². The number of ether oxygens (including phenoxy) is 1. The summed E-state index contributed by atoms with van der Waals surface area (Å²) in [6.07, 6.45) is -2.78. The molecule has 0 bridgehead atoms. The molecule has 38 heavy (non-hydrogen) atoms. The highest BCUT2D eigenvalue weighted by atomic mass is 19.4. The molecule has 0 unspecified atom stereocenters. The SMILES string of the molecule is CC(C)Oc1cc(F)cc2ccc(-c3nnc4ccc([C@@H](N5CC[C@H](NCCO)C5)C(F)(F)F)cn34)nc12. The molecule has 1 aliphatic rings. The molecular formula is C26H28F4N6O2. The van der Waals surface area contributed by atoms with Crippen LogP contribution in [0.3, 0.4) is 0 Å². The Morgan fingerprint density at radius 1 is 1.16 bits per heavy atom. The van der Waals surface area contributed by atoms with Crippen molar-refractivity contribution < 1.29 is 27.4 Å². The van der Waals surface area contributed by atoms with Crippen LogP contribution >= 0.6 is 0 Å². The molecule has 1 saturated heterocycles. The van der Waals surface area contributed by atoms with Gasteiger partial charge in [0.25, 0.3) is 0 Å². The molecule has 1 aliphatic heterocycles. The van der Waals surface area contributed by atoms with Crippen molar-refractivity contribution >= 4 is 16.6 Å². The van der Waals surface area contributed by atoms with Crippen LogP contribution in [-0.2, 0) is 0 Å². The highest BCUT2D eigenvalue weighted by Crippen LogP contribution is 2.40. The topological polar surface area (TPSA) is 87.8 Å². The number of nitrogens with one attached hydrogen (secondary N) is 1. The summed E-state index contributed by atoms with van der Waals surface area (Å²) >= 11 is 0. The van der Waals surface area contributed by atoms with Crippen molar-refractivity contribution in [3.63, 3.8) is 0 Å². The number of benzene rings is 1.